The van der Waals surface area contributed by atoms with Gasteiger partial charge in [0.15, 0.2) is 0 Å². The third-order valence-corrected chi connectivity index (χ3v) is 7.86. The van der Waals surface area contributed by atoms with Gasteiger partial charge in [-0.05, 0) is 36.6 Å². The highest BCUT2D eigenvalue weighted by atomic mass is 32.0. The normalized spacial score (nSPS) is 19.4. The molecule has 0 spiro atoms. The lowest BCUT2D eigenvalue weighted by molar-refractivity contribution is 1.38. The first kappa shape index (κ1) is 11.1. The molecule has 3 rings (SSSR count). The summed E-state index contributed by atoms with van der Waals surface area (Å²) in [4.78, 5) is 0. The Morgan fingerprint density at radius 1 is 0.824 bits per heavy atom. The van der Waals surface area contributed by atoms with Gasteiger partial charge in [0.1, 0.15) is 0 Å². The Labute approximate surface area is 105 Å². The first-order chi connectivity index (χ1) is 8.43. The van der Waals surface area contributed by atoms with Crippen molar-refractivity contribution in [2.45, 2.75) is 6.42 Å². The lowest BCUT2D eigenvalue weighted by Gasteiger charge is -2.08. The zero-order chi connectivity index (χ0) is 11.5. The van der Waals surface area contributed by atoms with Crippen LogP contribution in [0.25, 0.3) is 11.1 Å². The average Bonchev–Trinajstić information content (AvgIpc) is 2.94. The highest BCUT2D eigenvalue weighted by Gasteiger charge is 2.11. The largest absolute Gasteiger partial charge is 0.0755 e. The molecule has 0 amide bonds. The van der Waals surface area contributed by atoms with Gasteiger partial charge in [0, 0.05) is 0 Å². The third kappa shape index (κ3) is 2.49. The van der Waals surface area contributed by atoms with Gasteiger partial charge < -0.3 is 0 Å². The Bertz CT molecular complexity index is 514. The molecule has 2 aromatic carbocycles. The molecule has 0 nitrogen and oxygen atoms in total. The average molecular weight is 256 g/mol. The van der Waals surface area contributed by atoms with E-state index in [1.807, 2.05) is 0 Å². The third-order valence-electron chi connectivity index (χ3n) is 2.96. The minimum atomic E-state index is 0.0952. The van der Waals surface area contributed by atoms with Crippen molar-refractivity contribution in [3.63, 3.8) is 0 Å². The van der Waals surface area contributed by atoms with E-state index in [1.165, 1.54) is 23.7 Å². The monoisotopic (exact) mass is 256 g/mol. The minimum absolute atomic E-state index is 0.0952. The summed E-state index contributed by atoms with van der Waals surface area (Å²) >= 11 is 0. The lowest BCUT2D eigenvalue weighted by Crippen LogP contribution is -1.97. The fourth-order valence-corrected chi connectivity index (χ4v) is 6.50. The second-order valence-electron chi connectivity index (χ2n) is 4.12. The predicted octanol–water partition coefficient (Wildman–Crippen LogP) is 4.53. The van der Waals surface area contributed by atoms with Crippen LogP contribution in [0.4, 0.5) is 0 Å². The van der Waals surface area contributed by atoms with Crippen LogP contribution in [0.3, 0.4) is 0 Å². The SMILES string of the molecule is C1=PP(c2ccc(-c3ccccc3)cc2)CC1. The molecule has 1 aliphatic heterocycles. The molecular formula is C15H14P2. The Hall–Kier alpha value is -0.960. The van der Waals surface area contributed by atoms with Crippen LogP contribution in [-0.2, 0) is 0 Å². The van der Waals surface area contributed by atoms with Crippen molar-refractivity contribution >= 4 is 26.6 Å². The van der Waals surface area contributed by atoms with Gasteiger partial charge in [-0.15, -0.1) is 0 Å². The van der Waals surface area contributed by atoms with Crippen LogP contribution in [0.2, 0.25) is 0 Å². The van der Waals surface area contributed by atoms with Gasteiger partial charge in [-0.25, -0.2) is 0 Å². The van der Waals surface area contributed by atoms with Gasteiger partial charge in [0.05, 0.1) is 0 Å². The lowest BCUT2D eigenvalue weighted by atomic mass is 10.1. The van der Waals surface area contributed by atoms with Gasteiger partial charge in [-0.2, -0.15) is 0 Å². The van der Waals surface area contributed by atoms with E-state index < -0.39 is 0 Å². The molecule has 2 aromatic rings. The zero-order valence-corrected chi connectivity index (χ0v) is 11.4. The van der Waals surface area contributed by atoms with Crippen molar-refractivity contribution in [2.24, 2.45) is 0 Å². The van der Waals surface area contributed by atoms with Crippen molar-refractivity contribution in [2.75, 3.05) is 6.16 Å². The Morgan fingerprint density at radius 3 is 2.18 bits per heavy atom. The van der Waals surface area contributed by atoms with Gasteiger partial charge in [0.25, 0.3) is 0 Å². The number of hydrogen-bond donors (Lipinski definition) is 0. The first-order valence-corrected chi connectivity index (χ1v) is 9.08. The molecule has 0 aromatic heterocycles. The smallest absolute Gasteiger partial charge is 0.0155 e. The van der Waals surface area contributed by atoms with E-state index in [1.54, 1.807) is 13.2 Å². The van der Waals surface area contributed by atoms with E-state index in [0.717, 1.165) is 0 Å². The second kappa shape index (κ2) is 5.13. The number of benzene rings is 2. The van der Waals surface area contributed by atoms with E-state index in [2.05, 4.69) is 60.4 Å². The number of hydrogen-bond acceptors (Lipinski definition) is 0. The highest BCUT2D eigenvalue weighted by Crippen LogP contribution is 2.52. The summed E-state index contributed by atoms with van der Waals surface area (Å²) in [6.45, 7) is 0. The summed E-state index contributed by atoms with van der Waals surface area (Å²) in [6.07, 6.45) is 2.68. The molecule has 1 heterocycles. The van der Waals surface area contributed by atoms with Crippen LogP contribution in [0.1, 0.15) is 6.42 Å². The fraction of sp³-hybridized carbons (Fsp3) is 0.133. The molecule has 0 saturated carbocycles. The van der Waals surface area contributed by atoms with Crippen LogP contribution < -0.4 is 5.30 Å². The van der Waals surface area contributed by atoms with Crippen molar-refractivity contribution < 1.29 is 0 Å². The van der Waals surface area contributed by atoms with Crippen molar-refractivity contribution in [1.29, 1.82) is 0 Å². The Kier molecular flexibility index (Phi) is 3.36. The molecule has 0 aliphatic carbocycles. The highest BCUT2D eigenvalue weighted by molar-refractivity contribution is 8.24. The van der Waals surface area contributed by atoms with Crippen LogP contribution in [-0.4, -0.2) is 12.0 Å². The molecule has 17 heavy (non-hydrogen) atoms. The first-order valence-electron chi connectivity index (χ1n) is 5.89. The number of rotatable bonds is 2. The molecule has 0 saturated heterocycles. The van der Waals surface area contributed by atoms with E-state index in [4.69, 9.17) is 0 Å². The molecule has 0 fully saturated rings. The molecule has 2 heteroatoms. The second-order valence-corrected chi connectivity index (χ2v) is 8.62. The van der Waals surface area contributed by atoms with E-state index >= 15 is 0 Å². The van der Waals surface area contributed by atoms with E-state index in [-0.39, 0.29) is 7.61 Å². The summed E-state index contributed by atoms with van der Waals surface area (Å²) in [5.41, 5.74) is 2.63. The standard InChI is InChI=1S/C15H14P2/c1-2-5-13(6-3-1)14-7-9-15(10-8-14)17-12-4-11-16-17/h1-3,5-11H,4,12H2. The topological polar surface area (TPSA) is 0 Å². The fourth-order valence-electron chi connectivity index (χ4n) is 2.05. The Morgan fingerprint density at radius 2 is 1.53 bits per heavy atom. The van der Waals surface area contributed by atoms with Crippen LogP contribution in [0, 0.1) is 0 Å². The van der Waals surface area contributed by atoms with Gasteiger partial charge >= 0.3 is 0 Å². The van der Waals surface area contributed by atoms with E-state index in [0.29, 0.717) is 0 Å². The van der Waals surface area contributed by atoms with Crippen LogP contribution in [0.15, 0.2) is 54.6 Å². The summed E-state index contributed by atoms with van der Waals surface area (Å²) in [6, 6.07) is 19.8. The van der Waals surface area contributed by atoms with Crippen molar-refractivity contribution in [3.05, 3.63) is 54.6 Å². The Balaban J connectivity index is 1.87. The summed E-state index contributed by atoms with van der Waals surface area (Å²) in [5.74, 6) is 2.41. The summed E-state index contributed by atoms with van der Waals surface area (Å²) in [5, 5.41) is 1.55. The van der Waals surface area contributed by atoms with Gasteiger partial charge in [-0.3, -0.25) is 0 Å². The molecule has 0 N–H and O–H groups in total. The minimum Gasteiger partial charge on any atom is -0.0755 e. The maximum Gasteiger partial charge on any atom is -0.0155 e. The quantitative estimate of drug-likeness (QED) is 0.692. The van der Waals surface area contributed by atoms with Crippen molar-refractivity contribution in [1.82, 2.24) is 0 Å². The molecule has 84 valence electrons. The molecule has 1 aliphatic rings. The molecule has 1 unspecified atom stereocenters. The molecule has 1 atom stereocenters. The van der Waals surface area contributed by atoms with Crippen molar-refractivity contribution in [3.8, 4) is 11.1 Å². The van der Waals surface area contributed by atoms with E-state index in [9.17, 15) is 0 Å². The van der Waals surface area contributed by atoms with Gasteiger partial charge in [0.2, 0.25) is 0 Å². The zero-order valence-electron chi connectivity index (χ0n) is 9.58. The summed E-state index contributed by atoms with van der Waals surface area (Å²) < 4.78 is 0. The molecular weight excluding hydrogens is 242 g/mol. The van der Waals surface area contributed by atoms with Crippen LogP contribution >= 0.6 is 15.5 Å². The predicted molar refractivity (Wildman–Crippen MR) is 80.9 cm³/mol. The van der Waals surface area contributed by atoms with Crippen LogP contribution in [0.5, 0.6) is 0 Å². The van der Waals surface area contributed by atoms with Gasteiger partial charge in [-0.1, -0.05) is 68.3 Å². The molecule has 0 bridgehead atoms. The molecule has 0 radical (unpaired) electrons. The summed E-state index contributed by atoms with van der Waals surface area (Å²) in [7, 11) is 1.65. The maximum absolute atomic E-state index is 2.41. The maximum atomic E-state index is 2.41.